The number of piperidine rings is 1. The summed E-state index contributed by atoms with van der Waals surface area (Å²) in [5, 5.41) is 3.06. The van der Waals surface area contributed by atoms with Gasteiger partial charge in [-0.05, 0) is 60.3 Å². The van der Waals surface area contributed by atoms with Gasteiger partial charge in [0.05, 0.1) is 5.69 Å². The molecule has 3 N–H and O–H groups in total. The number of hydrogen-bond donors (Lipinski definition) is 2. The minimum Gasteiger partial charge on any atom is -0.330 e. The molecule has 3 rings (SSSR count). The number of nitrogens with zero attached hydrogens (tertiary/aromatic N) is 1. The van der Waals surface area contributed by atoms with Gasteiger partial charge in [0.15, 0.2) is 0 Å². The molecule has 114 valence electrons. The molecule has 0 aliphatic carbocycles. The van der Waals surface area contributed by atoms with Crippen LogP contribution in [0.15, 0.2) is 29.6 Å². The first-order valence-corrected chi connectivity index (χ1v) is 9.36. The van der Waals surface area contributed by atoms with E-state index >= 15 is 0 Å². The first-order valence-electron chi connectivity index (χ1n) is 7.04. The van der Waals surface area contributed by atoms with E-state index in [1.165, 1.54) is 4.31 Å². The molecule has 1 fully saturated rings. The van der Waals surface area contributed by atoms with Gasteiger partial charge in [0.1, 0.15) is 0 Å². The van der Waals surface area contributed by atoms with E-state index < -0.39 is 10.2 Å². The second-order valence-electron chi connectivity index (χ2n) is 5.36. The molecule has 7 heteroatoms. The molecule has 1 aromatic carbocycles. The van der Waals surface area contributed by atoms with E-state index in [-0.39, 0.29) is 0 Å². The molecule has 2 aromatic rings. The number of nitrogens with two attached hydrogens (primary N) is 1. The van der Waals surface area contributed by atoms with Crippen LogP contribution in [-0.2, 0) is 10.2 Å². The van der Waals surface area contributed by atoms with Crippen LogP contribution in [0.25, 0.3) is 10.1 Å². The fraction of sp³-hybridized carbons (Fsp3) is 0.429. The smallest absolute Gasteiger partial charge is 0.301 e. The lowest BCUT2D eigenvalue weighted by Crippen LogP contribution is -2.42. The zero-order chi connectivity index (χ0) is 14.9. The molecule has 1 aliphatic heterocycles. The van der Waals surface area contributed by atoms with Crippen molar-refractivity contribution in [2.75, 3.05) is 24.4 Å². The average Bonchev–Trinajstić information content (AvgIpc) is 2.94. The zero-order valence-electron chi connectivity index (χ0n) is 11.7. The Kier molecular flexibility index (Phi) is 4.17. The molecule has 0 saturated carbocycles. The monoisotopic (exact) mass is 325 g/mol. The Balaban J connectivity index is 1.73. The molecule has 0 bridgehead atoms. The highest BCUT2D eigenvalue weighted by molar-refractivity contribution is 7.90. The Bertz CT molecular complexity index is 719. The van der Waals surface area contributed by atoms with Crippen molar-refractivity contribution >= 4 is 37.3 Å². The summed E-state index contributed by atoms with van der Waals surface area (Å²) in [5.41, 5.74) is 6.25. The number of benzene rings is 1. The minimum absolute atomic E-state index is 0.443. The lowest BCUT2D eigenvalue weighted by molar-refractivity contribution is 0.280. The second kappa shape index (κ2) is 5.92. The van der Waals surface area contributed by atoms with Crippen LogP contribution in [0.5, 0.6) is 0 Å². The van der Waals surface area contributed by atoms with Crippen LogP contribution in [-0.4, -0.2) is 32.4 Å². The van der Waals surface area contributed by atoms with Crippen molar-refractivity contribution in [3.8, 4) is 0 Å². The van der Waals surface area contributed by atoms with E-state index in [1.807, 2.05) is 29.6 Å². The summed E-state index contributed by atoms with van der Waals surface area (Å²) in [6.07, 6.45) is 1.67. The van der Waals surface area contributed by atoms with Gasteiger partial charge in [-0.2, -0.15) is 12.7 Å². The molecule has 0 spiro atoms. The molecule has 2 heterocycles. The molecule has 0 unspecified atom stereocenters. The van der Waals surface area contributed by atoms with Gasteiger partial charge < -0.3 is 5.73 Å². The van der Waals surface area contributed by atoms with Gasteiger partial charge in [-0.25, -0.2) is 0 Å². The number of anilines is 1. The summed E-state index contributed by atoms with van der Waals surface area (Å²) in [6, 6.07) is 7.61. The molecular formula is C14H19N3O2S2. The maximum Gasteiger partial charge on any atom is 0.301 e. The van der Waals surface area contributed by atoms with Gasteiger partial charge in [0.2, 0.25) is 0 Å². The quantitative estimate of drug-likeness (QED) is 0.905. The van der Waals surface area contributed by atoms with Crippen LogP contribution in [0.1, 0.15) is 12.8 Å². The molecular weight excluding hydrogens is 306 g/mol. The predicted octanol–water partition coefficient (Wildman–Crippen LogP) is 2.23. The average molecular weight is 325 g/mol. The third-order valence-electron chi connectivity index (χ3n) is 3.95. The van der Waals surface area contributed by atoms with Crippen molar-refractivity contribution in [2.45, 2.75) is 12.8 Å². The Labute approximate surface area is 128 Å². The van der Waals surface area contributed by atoms with E-state index in [1.54, 1.807) is 11.3 Å². The first-order chi connectivity index (χ1) is 10.1. The maximum atomic E-state index is 12.4. The Morgan fingerprint density at radius 2 is 2.05 bits per heavy atom. The standard InChI is InChI=1S/C14H19N3O2S2/c15-10-11-3-6-17(7-4-11)21(18,19)16-13-1-2-14-12(9-13)5-8-20-14/h1-2,5,8-9,11,16H,3-4,6-7,10,15H2. The minimum atomic E-state index is -3.47. The van der Waals surface area contributed by atoms with Gasteiger partial charge in [-0.3, -0.25) is 4.72 Å². The molecule has 1 aliphatic rings. The van der Waals surface area contributed by atoms with Crippen LogP contribution < -0.4 is 10.5 Å². The van der Waals surface area contributed by atoms with Crippen molar-refractivity contribution < 1.29 is 8.42 Å². The van der Waals surface area contributed by atoms with Gasteiger partial charge in [-0.1, -0.05) is 0 Å². The van der Waals surface area contributed by atoms with E-state index in [4.69, 9.17) is 5.73 Å². The number of hydrogen-bond acceptors (Lipinski definition) is 4. The number of nitrogens with one attached hydrogen (secondary N) is 1. The Morgan fingerprint density at radius 1 is 1.29 bits per heavy atom. The van der Waals surface area contributed by atoms with E-state index in [0.29, 0.717) is 31.2 Å². The fourth-order valence-corrected chi connectivity index (χ4v) is 4.65. The predicted molar refractivity (Wildman–Crippen MR) is 87.7 cm³/mol. The first kappa shape index (κ1) is 14.8. The lowest BCUT2D eigenvalue weighted by Gasteiger charge is -2.30. The summed E-state index contributed by atoms with van der Waals surface area (Å²) < 4.78 is 30.2. The lowest BCUT2D eigenvalue weighted by atomic mass is 9.99. The van der Waals surface area contributed by atoms with Gasteiger partial charge >= 0.3 is 10.2 Å². The van der Waals surface area contributed by atoms with Crippen molar-refractivity contribution in [3.63, 3.8) is 0 Å². The Morgan fingerprint density at radius 3 is 2.76 bits per heavy atom. The van der Waals surface area contributed by atoms with Crippen LogP contribution in [0.2, 0.25) is 0 Å². The largest absolute Gasteiger partial charge is 0.330 e. The van der Waals surface area contributed by atoms with Crippen LogP contribution in [0.4, 0.5) is 5.69 Å². The molecule has 1 aromatic heterocycles. The fourth-order valence-electron chi connectivity index (χ4n) is 2.63. The number of fused-ring (bicyclic) bond motifs is 1. The van der Waals surface area contributed by atoms with Crippen LogP contribution >= 0.6 is 11.3 Å². The summed E-state index contributed by atoms with van der Waals surface area (Å²) in [5.74, 6) is 0.443. The highest BCUT2D eigenvalue weighted by Gasteiger charge is 2.27. The second-order valence-corrected chi connectivity index (χ2v) is 7.98. The van der Waals surface area contributed by atoms with Crippen molar-refractivity contribution in [3.05, 3.63) is 29.6 Å². The Hall–Kier alpha value is -1.15. The summed E-state index contributed by atoms with van der Waals surface area (Å²) in [4.78, 5) is 0. The molecule has 0 amide bonds. The summed E-state index contributed by atoms with van der Waals surface area (Å²) in [6.45, 7) is 1.71. The molecule has 1 saturated heterocycles. The third-order valence-corrected chi connectivity index (χ3v) is 6.38. The van der Waals surface area contributed by atoms with Gasteiger partial charge in [0, 0.05) is 17.8 Å². The number of thiophene rings is 1. The molecule has 5 nitrogen and oxygen atoms in total. The highest BCUT2D eigenvalue weighted by atomic mass is 32.2. The third kappa shape index (κ3) is 3.21. The van der Waals surface area contributed by atoms with E-state index in [0.717, 1.165) is 22.9 Å². The highest BCUT2D eigenvalue weighted by Crippen LogP contribution is 2.25. The maximum absolute atomic E-state index is 12.4. The van der Waals surface area contributed by atoms with E-state index in [2.05, 4.69) is 4.72 Å². The SMILES string of the molecule is NCC1CCN(S(=O)(=O)Nc2ccc3sccc3c2)CC1. The van der Waals surface area contributed by atoms with Crippen molar-refractivity contribution in [1.29, 1.82) is 0 Å². The number of rotatable bonds is 4. The molecule has 21 heavy (non-hydrogen) atoms. The zero-order valence-corrected chi connectivity index (χ0v) is 13.3. The molecule has 0 atom stereocenters. The van der Waals surface area contributed by atoms with Crippen LogP contribution in [0, 0.1) is 5.92 Å². The van der Waals surface area contributed by atoms with Gasteiger partial charge in [0.25, 0.3) is 0 Å². The molecule has 0 radical (unpaired) electrons. The van der Waals surface area contributed by atoms with Crippen LogP contribution in [0.3, 0.4) is 0 Å². The normalized spacial score (nSPS) is 18.1. The summed E-state index contributed by atoms with van der Waals surface area (Å²) >= 11 is 1.65. The summed E-state index contributed by atoms with van der Waals surface area (Å²) in [7, 11) is -3.47. The van der Waals surface area contributed by atoms with Crippen molar-refractivity contribution in [2.24, 2.45) is 11.7 Å². The van der Waals surface area contributed by atoms with Crippen molar-refractivity contribution in [1.82, 2.24) is 4.31 Å². The van der Waals surface area contributed by atoms with E-state index in [9.17, 15) is 8.42 Å². The van der Waals surface area contributed by atoms with Gasteiger partial charge in [-0.15, -0.1) is 11.3 Å². The topological polar surface area (TPSA) is 75.4 Å².